The second kappa shape index (κ2) is 10.3. The summed E-state index contributed by atoms with van der Waals surface area (Å²) in [6.45, 7) is 5.30. The fraction of sp³-hybridized carbons (Fsp3) is 0.417. The molecule has 2 aliphatic rings. The molecule has 4 rings (SSSR count). The predicted octanol–water partition coefficient (Wildman–Crippen LogP) is 2.32. The number of hydrogen-bond acceptors (Lipinski definition) is 6. The minimum absolute atomic E-state index is 0.209. The number of aliphatic hydroxyl groups excluding tert-OH is 1. The van der Waals surface area contributed by atoms with Crippen LogP contribution in [0.5, 0.6) is 0 Å². The normalized spacial score (nSPS) is 19.9. The lowest BCUT2D eigenvalue weighted by Gasteiger charge is -2.28. The van der Waals surface area contributed by atoms with Gasteiger partial charge in [0.2, 0.25) is 5.91 Å². The summed E-state index contributed by atoms with van der Waals surface area (Å²) >= 11 is 0. The van der Waals surface area contributed by atoms with Gasteiger partial charge in [0.15, 0.2) is 0 Å². The van der Waals surface area contributed by atoms with Gasteiger partial charge in [-0.3, -0.25) is 14.6 Å². The van der Waals surface area contributed by atoms with Crippen LogP contribution in [-0.4, -0.2) is 74.0 Å². The van der Waals surface area contributed by atoms with Gasteiger partial charge in [-0.2, -0.15) is 0 Å². The number of β-amino-alcohol motifs (C(OH)–C–C–N with tert-alkyl or cyclic N) is 1. The van der Waals surface area contributed by atoms with Crippen molar-refractivity contribution in [1.82, 2.24) is 10.2 Å². The molecule has 0 aromatic heterocycles. The molecule has 0 radical (unpaired) electrons. The second-order valence-electron chi connectivity index (χ2n) is 8.27. The van der Waals surface area contributed by atoms with Crippen molar-refractivity contribution in [2.75, 3.05) is 50.8 Å². The molecule has 2 atom stereocenters. The molecule has 176 valence electrons. The van der Waals surface area contributed by atoms with Crippen molar-refractivity contribution >= 4 is 17.7 Å². The number of rotatable bonds is 7. The fourth-order valence-corrected chi connectivity index (χ4v) is 4.02. The van der Waals surface area contributed by atoms with E-state index in [2.05, 4.69) is 10.2 Å². The number of ether oxygens (including phenoxy) is 2. The summed E-state index contributed by atoms with van der Waals surface area (Å²) in [5.41, 5.74) is 2.24. The first-order valence-corrected chi connectivity index (χ1v) is 11.0. The zero-order chi connectivity index (χ0) is 23.4. The van der Waals surface area contributed by atoms with Crippen LogP contribution in [-0.2, 0) is 14.3 Å². The molecule has 8 nitrogen and oxygen atoms in total. The third kappa shape index (κ3) is 5.68. The Kier molecular flexibility index (Phi) is 7.22. The van der Waals surface area contributed by atoms with Gasteiger partial charge >= 0.3 is 6.09 Å². The Morgan fingerprint density at radius 3 is 2.61 bits per heavy atom. The monoisotopic (exact) mass is 457 g/mol. The van der Waals surface area contributed by atoms with E-state index >= 15 is 0 Å². The predicted molar refractivity (Wildman–Crippen MR) is 120 cm³/mol. The molecular weight excluding hydrogens is 429 g/mol. The van der Waals surface area contributed by atoms with Crippen molar-refractivity contribution in [1.29, 1.82) is 0 Å². The largest absolute Gasteiger partial charge is 0.442 e. The van der Waals surface area contributed by atoms with Gasteiger partial charge in [-0.15, -0.1) is 0 Å². The van der Waals surface area contributed by atoms with Gasteiger partial charge in [0.25, 0.3) is 0 Å². The smallest absolute Gasteiger partial charge is 0.414 e. The number of amides is 2. The number of nitrogens with one attached hydrogen (secondary N) is 1. The van der Waals surface area contributed by atoms with Crippen molar-refractivity contribution in [3.63, 3.8) is 0 Å². The summed E-state index contributed by atoms with van der Waals surface area (Å²) in [6.07, 6.45) is -1.69. The van der Waals surface area contributed by atoms with Crippen LogP contribution in [0.2, 0.25) is 0 Å². The maximum absolute atomic E-state index is 14.9. The van der Waals surface area contributed by atoms with Crippen LogP contribution in [0, 0.1) is 5.82 Å². The zero-order valence-electron chi connectivity index (χ0n) is 18.5. The molecule has 2 heterocycles. The molecule has 0 saturated carbocycles. The molecule has 2 aromatic rings. The Hall–Kier alpha value is -3.01. The Labute approximate surface area is 191 Å². The average Bonchev–Trinajstić information content (AvgIpc) is 3.19. The molecule has 2 saturated heterocycles. The Morgan fingerprint density at radius 2 is 1.94 bits per heavy atom. The fourth-order valence-electron chi connectivity index (χ4n) is 4.02. The number of benzene rings is 2. The van der Waals surface area contributed by atoms with Crippen LogP contribution in [0.1, 0.15) is 18.6 Å². The highest BCUT2D eigenvalue weighted by atomic mass is 19.1. The van der Waals surface area contributed by atoms with Crippen molar-refractivity contribution < 1.29 is 28.6 Å². The van der Waals surface area contributed by atoms with E-state index in [1.165, 1.54) is 17.9 Å². The van der Waals surface area contributed by atoms with Gasteiger partial charge < -0.3 is 19.9 Å². The number of halogens is 1. The first kappa shape index (κ1) is 23.2. The minimum atomic E-state index is -0.629. The Bertz CT molecular complexity index is 994. The number of carbonyl (C=O) groups excluding carboxylic acids is 2. The Morgan fingerprint density at radius 1 is 1.21 bits per heavy atom. The SMILES string of the molecule is CC(=O)NC[C@H]1CN(c2ccc(-c3ccc([C@H](O)CN4CCOCC4)cc3)c(F)c2)C(=O)O1. The van der Waals surface area contributed by atoms with Gasteiger partial charge in [0.05, 0.1) is 38.1 Å². The summed E-state index contributed by atoms with van der Waals surface area (Å²) in [4.78, 5) is 26.7. The molecule has 2 N–H and O–H groups in total. The third-order valence-corrected chi connectivity index (χ3v) is 5.86. The van der Waals surface area contributed by atoms with Crippen LogP contribution in [0.25, 0.3) is 11.1 Å². The second-order valence-corrected chi connectivity index (χ2v) is 8.27. The van der Waals surface area contributed by atoms with E-state index in [1.54, 1.807) is 36.4 Å². The molecule has 0 aliphatic carbocycles. The van der Waals surface area contributed by atoms with E-state index in [1.807, 2.05) is 0 Å². The van der Waals surface area contributed by atoms with Crippen LogP contribution in [0.3, 0.4) is 0 Å². The number of morpholine rings is 1. The van der Waals surface area contributed by atoms with Gasteiger partial charge in [0, 0.05) is 32.1 Å². The standard InChI is InChI=1S/C24H28FN3O5/c1-16(29)26-13-20-14-28(24(31)33-20)19-6-7-21(22(25)12-19)17-2-4-18(5-3-17)23(30)15-27-8-10-32-11-9-27/h2-7,12,20,23,30H,8-11,13-15H2,1H3,(H,26,29)/t20-,23+/m0/s1. The molecule has 2 amide bonds. The lowest BCUT2D eigenvalue weighted by Crippen LogP contribution is -2.38. The number of anilines is 1. The number of carbonyl (C=O) groups is 2. The summed E-state index contributed by atoms with van der Waals surface area (Å²) < 4.78 is 25.5. The Balaban J connectivity index is 1.41. The van der Waals surface area contributed by atoms with Crippen molar-refractivity contribution in [2.24, 2.45) is 0 Å². The van der Waals surface area contributed by atoms with E-state index < -0.39 is 24.1 Å². The summed E-state index contributed by atoms with van der Waals surface area (Å²) in [5.74, 6) is -0.674. The number of cyclic esters (lactones) is 1. The third-order valence-electron chi connectivity index (χ3n) is 5.86. The van der Waals surface area contributed by atoms with Gasteiger partial charge in [-0.05, 0) is 29.3 Å². The number of nitrogens with zero attached hydrogens (tertiary/aromatic N) is 2. The summed E-state index contributed by atoms with van der Waals surface area (Å²) in [5, 5.41) is 13.1. The van der Waals surface area contributed by atoms with Crippen LogP contribution in [0.4, 0.5) is 14.9 Å². The molecular formula is C24H28FN3O5. The van der Waals surface area contributed by atoms with Gasteiger partial charge in [0.1, 0.15) is 11.9 Å². The van der Waals surface area contributed by atoms with Crippen LogP contribution >= 0.6 is 0 Å². The average molecular weight is 458 g/mol. The first-order valence-electron chi connectivity index (χ1n) is 11.0. The highest BCUT2D eigenvalue weighted by molar-refractivity contribution is 5.90. The van der Waals surface area contributed by atoms with E-state index in [9.17, 15) is 19.1 Å². The quantitative estimate of drug-likeness (QED) is 0.663. The lowest BCUT2D eigenvalue weighted by atomic mass is 10.0. The van der Waals surface area contributed by atoms with E-state index in [0.29, 0.717) is 36.6 Å². The van der Waals surface area contributed by atoms with Crippen molar-refractivity contribution in [3.05, 3.63) is 53.8 Å². The van der Waals surface area contributed by atoms with Gasteiger partial charge in [-0.1, -0.05) is 24.3 Å². The van der Waals surface area contributed by atoms with Crippen molar-refractivity contribution in [3.8, 4) is 11.1 Å². The summed E-state index contributed by atoms with van der Waals surface area (Å²) in [6, 6.07) is 11.8. The summed E-state index contributed by atoms with van der Waals surface area (Å²) in [7, 11) is 0. The van der Waals surface area contributed by atoms with Gasteiger partial charge in [-0.25, -0.2) is 9.18 Å². The molecule has 0 spiro atoms. The van der Waals surface area contributed by atoms with E-state index in [4.69, 9.17) is 9.47 Å². The maximum Gasteiger partial charge on any atom is 0.414 e. The lowest BCUT2D eigenvalue weighted by molar-refractivity contribution is -0.119. The van der Waals surface area contributed by atoms with Crippen LogP contribution in [0.15, 0.2) is 42.5 Å². The molecule has 2 aliphatic heterocycles. The van der Waals surface area contributed by atoms with Crippen LogP contribution < -0.4 is 10.2 Å². The molecule has 9 heteroatoms. The van der Waals surface area contributed by atoms with E-state index in [-0.39, 0.29) is 19.0 Å². The highest BCUT2D eigenvalue weighted by Crippen LogP contribution is 2.30. The minimum Gasteiger partial charge on any atom is -0.442 e. The molecule has 33 heavy (non-hydrogen) atoms. The molecule has 0 unspecified atom stereocenters. The number of hydrogen-bond donors (Lipinski definition) is 2. The number of aliphatic hydroxyl groups is 1. The molecule has 2 fully saturated rings. The maximum atomic E-state index is 14.9. The molecule has 0 bridgehead atoms. The van der Waals surface area contributed by atoms with Crippen molar-refractivity contribution in [2.45, 2.75) is 19.1 Å². The topological polar surface area (TPSA) is 91.3 Å². The molecule has 2 aromatic carbocycles. The van der Waals surface area contributed by atoms with E-state index in [0.717, 1.165) is 18.7 Å². The highest BCUT2D eigenvalue weighted by Gasteiger charge is 2.32. The first-order chi connectivity index (χ1) is 15.9. The zero-order valence-corrected chi connectivity index (χ0v) is 18.5.